The highest BCUT2D eigenvalue weighted by Crippen LogP contribution is 2.46. The first kappa shape index (κ1) is 17.5. The van der Waals surface area contributed by atoms with Crippen LogP contribution in [0.1, 0.15) is 24.4 Å². The normalized spacial score (nSPS) is 20.9. The van der Waals surface area contributed by atoms with Crippen molar-refractivity contribution in [1.29, 1.82) is 0 Å². The van der Waals surface area contributed by atoms with Crippen molar-refractivity contribution in [3.63, 3.8) is 0 Å². The predicted molar refractivity (Wildman–Crippen MR) is 96.1 cm³/mol. The number of nitrogens with one attached hydrogen (secondary N) is 2. The quantitative estimate of drug-likeness (QED) is 0.839. The highest BCUT2D eigenvalue weighted by atomic mass is 19.1. The Hall–Kier alpha value is -2.90. The van der Waals surface area contributed by atoms with E-state index >= 15 is 0 Å². The van der Waals surface area contributed by atoms with Crippen LogP contribution < -0.4 is 10.6 Å². The second kappa shape index (κ2) is 7.02. The molecule has 1 saturated heterocycles. The Morgan fingerprint density at radius 3 is 2.78 bits per heavy atom. The molecule has 1 aromatic heterocycles. The molecule has 1 aliphatic carbocycles. The van der Waals surface area contributed by atoms with Crippen LogP contribution in [0.15, 0.2) is 42.7 Å². The number of hydrogen-bond acceptors (Lipinski definition) is 3. The van der Waals surface area contributed by atoms with Gasteiger partial charge in [-0.25, -0.2) is 9.18 Å². The number of carbonyl (C=O) groups is 2. The molecule has 0 bridgehead atoms. The molecule has 0 spiro atoms. The number of piperazine rings is 1. The molecule has 0 unspecified atom stereocenters. The molecular weight excluding hydrogens is 349 g/mol. The van der Waals surface area contributed by atoms with Gasteiger partial charge in [0.15, 0.2) is 0 Å². The van der Waals surface area contributed by atoms with E-state index in [9.17, 15) is 14.0 Å². The molecule has 8 heteroatoms. The molecule has 1 aliphatic heterocycles. The standard InChI is InChI=1S/C19H22FN5O2/c20-15-4-2-14(3-5-15)16-17(26)21-9-11-25(16)18(27)22-12-19(6-7-19)13-24-10-1-8-23-24/h1-5,8,10,16H,6-7,9,11-13H2,(H,21,26)(H,22,27)/t16-/m1/s1. The first-order chi connectivity index (χ1) is 13.1. The maximum absolute atomic E-state index is 13.2. The van der Waals surface area contributed by atoms with Crippen LogP contribution in [-0.2, 0) is 11.3 Å². The lowest BCUT2D eigenvalue weighted by Gasteiger charge is -2.35. The minimum atomic E-state index is -0.749. The van der Waals surface area contributed by atoms with Crippen molar-refractivity contribution in [2.75, 3.05) is 19.6 Å². The molecular formula is C19H22FN5O2. The average Bonchev–Trinajstić information content (AvgIpc) is 3.23. The number of urea groups is 1. The SMILES string of the molecule is O=C1NCCN(C(=O)NCC2(Cn3cccn3)CC2)[C@@H]1c1ccc(F)cc1. The molecule has 1 aromatic carbocycles. The number of nitrogens with zero attached hydrogens (tertiary/aromatic N) is 3. The second-order valence-electron chi connectivity index (χ2n) is 7.30. The van der Waals surface area contributed by atoms with Crippen LogP contribution in [0.25, 0.3) is 0 Å². The molecule has 2 aliphatic rings. The van der Waals surface area contributed by atoms with Gasteiger partial charge in [-0.05, 0) is 36.6 Å². The van der Waals surface area contributed by atoms with E-state index < -0.39 is 6.04 Å². The molecule has 2 aromatic rings. The third-order valence-electron chi connectivity index (χ3n) is 5.29. The van der Waals surface area contributed by atoms with Gasteiger partial charge in [-0.2, -0.15) is 5.10 Å². The summed E-state index contributed by atoms with van der Waals surface area (Å²) in [5.74, 6) is -0.624. The lowest BCUT2D eigenvalue weighted by atomic mass is 10.0. The summed E-state index contributed by atoms with van der Waals surface area (Å²) in [6, 6.07) is 6.56. The van der Waals surface area contributed by atoms with Crippen molar-refractivity contribution in [3.05, 3.63) is 54.1 Å². The molecule has 4 rings (SSSR count). The van der Waals surface area contributed by atoms with Crippen LogP contribution in [0.3, 0.4) is 0 Å². The minimum Gasteiger partial charge on any atom is -0.352 e. The molecule has 2 heterocycles. The van der Waals surface area contributed by atoms with Crippen LogP contribution >= 0.6 is 0 Å². The van der Waals surface area contributed by atoms with Crippen LogP contribution in [0.4, 0.5) is 9.18 Å². The molecule has 1 atom stereocenters. The fourth-order valence-corrected chi connectivity index (χ4v) is 3.53. The smallest absolute Gasteiger partial charge is 0.318 e. The number of hydrogen-bond donors (Lipinski definition) is 2. The molecule has 1 saturated carbocycles. The Morgan fingerprint density at radius 2 is 2.11 bits per heavy atom. The number of carbonyl (C=O) groups excluding carboxylic acids is 2. The molecule has 0 radical (unpaired) electrons. The molecule has 27 heavy (non-hydrogen) atoms. The summed E-state index contributed by atoms with van der Waals surface area (Å²) in [7, 11) is 0. The monoisotopic (exact) mass is 371 g/mol. The van der Waals surface area contributed by atoms with Crippen LogP contribution in [0.5, 0.6) is 0 Å². The minimum absolute atomic E-state index is 0.0328. The maximum Gasteiger partial charge on any atom is 0.318 e. The zero-order chi connectivity index (χ0) is 18.9. The van der Waals surface area contributed by atoms with E-state index in [1.807, 2.05) is 16.9 Å². The lowest BCUT2D eigenvalue weighted by Crippen LogP contribution is -2.55. The Labute approximate surface area is 156 Å². The van der Waals surface area contributed by atoms with Gasteiger partial charge in [0.25, 0.3) is 0 Å². The van der Waals surface area contributed by atoms with Gasteiger partial charge >= 0.3 is 6.03 Å². The van der Waals surface area contributed by atoms with Crippen molar-refractivity contribution in [2.24, 2.45) is 5.41 Å². The number of benzene rings is 1. The fraction of sp³-hybridized carbons (Fsp3) is 0.421. The van der Waals surface area contributed by atoms with E-state index in [0.29, 0.717) is 25.2 Å². The highest BCUT2D eigenvalue weighted by molar-refractivity contribution is 5.89. The number of rotatable bonds is 5. The van der Waals surface area contributed by atoms with E-state index in [-0.39, 0.29) is 23.2 Å². The zero-order valence-corrected chi connectivity index (χ0v) is 14.9. The summed E-state index contributed by atoms with van der Waals surface area (Å²) in [5, 5.41) is 10.0. The topological polar surface area (TPSA) is 79.3 Å². The summed E-state index contributed by atoms with van der Waals surface area (Å²) < 4.78 is 15.1. The van der Waals surface area contributed by atoms with Gasteiger partial charge in [0.1, 0.15) is 11.9 Å². The first-order valence-electron chi connectivity index (χ1n) is 9.11. The van der Waals surface area contributed by atoms with Gasteiger partial charge < -0.3 is 15.5 Å². The number of halogens is 1. The van der Waals surface area contributed by atoms with Gasteiger partial charge in [0.2, 0.25) is 5.91 Å². The Kier molecular flexibility index (Phi) is 4.55. The Bertz CT molecular complexity index is 817. The van der Waals surface area contributed by atoms with E-state index in [1.54, 1.807) is 18.3 Å². The zero-order valence-electron chi connectivity index (χ0n) is 14.9. The second-order valence-corrected chi connectivity index (χ2v) is 7.30. The van der Waals surface area contributed by atoms with Crippen LogP contribution in [0.2, 0.25) is 0 Å². The summed E-state index contributed by atoms with van der Waals surface area (Å²) in [5.41, 5.74) is 0.631. The molecule has 2 N–H and O–H groups in total. The summed E-state index contributed by atoms with van der Waals surface area (Å²) in [4.78, 5) is 26.7. The van der Waals surface area contributed by atoms with Crippen LogP contribution in [-0.4, -0.2) is 46.3 Å². The van der Waals surface area contributed by atoms with Crippen molar-refractivity contribution >= 4 is 11.9 Å². The van der Waals surface area contributed by atoms with Gasteiger partial charge in [-0.1, -0.05) is 12.1 Å². The van der Waals surface area contributed by atoms with Gasteiger partial charge in [0, 0.05) is 44.0 Å². The summed E-state index contributed by atoms with van der Waals surface area (Å²) >= 11 is 0. The third kappa shape index (κ3) is 3.79. The number of amides is 3. The van der Waals surface area contributed by atoms with E-state index in [1.165, 1.54) is 17.0 Å². The molecule has 142 valence electrons. The van der Waals surface area contributed by atoms with E-state index in [4.69, 9.17) is 0 Å². The van der Waals surface area contributed by atoms with Gasteiger partial charge in [0.05, 0.1) is 0 Å². The van der Waals surface area contributed by atoms with E-state index in [0.717, 1.165) is 19.4 Å². The summed E-state index contributed by atoms with van der Waals surface area (Å²) in [6.07, 6.45) is 5.74. The Balaban J connectivity index is 1.43. The predicted octanol–water partition coefficient (Wildman–Crippen LogP) is 1.69. The largest absolute Gasteiger partial charge is 0.352 e. The molecule has 3 amide bonds. The lowest BCUT2D eigenvalue weighted by molar-refractivity contribution is -0.127. The number of aromatic nitrogens is 2. The third-order valence-corrected chi connectivity index (χ3v) is 5.29. The first-order valence-corrected chi connectivity index (χ1v) is 9.11. The molecule has 2 fully saturated rings. The molecule has 7 nitrogen and oxygen atoms in total. The van der Waals surface area contributed by atoms with Gasteiger partial charge in [-0.3, -0.25) is 9.48 Å². The van der Waals surface area contributed by atoms with Crippen LogP contribution in [0, 0.1) is 11.2 Å². The van der Waals surface area contributed by atoms with E-state index in [2.05, 4.69) is 15.7 Å². The average molecular weight is 371 g/mol. The van der Waals surface area contributed by atoms with Crippen molar-refractivity contribution in [3.8, 4) is 0 Å². The Morgan fingerprint density at radius 1 is 1.33 bits per heavy atom. The fourth-order valence-electron chi connectivity index (χ4n) is 3.53. The highest BCUT2D eigenvalue weighted by Gasteiger charge is 2.44. The van der Waals surface area contributed by atoms with Crippen molar-refractivity contribution in [2.45, 2.75) is 25.4 Å². The van der Waals surface area contributed by atoms with Crippen molar-refractivity contribution < 1.29 is 14.0 Å². The maximum atomic E-state index is 13.2. The summed E-state index contributed by atoms with van der Waals surface area (Å²) in [6.45, 7) is 2.12. The van der Waals surface area contributed by atoms with Gasteiger partial charge in [-0.15, -0.1) is 0 Å². The van der Waals surface area contributed by atoms with Crippen molar-refractivity contribution in [1.82, 2.24) is 25.3 Å².